The molecule has 25 heavy (non-hydrogen) atoms. The van der Waals surface area contributed by atoms with Gasteiger partial charge in [0, 0.05) is 6.42 Å². The number of rotatable bonds is 14. The monoisotopic (exact) mass is 348 g/mol. The summed E-state index contributed by atoms with van der Waals surface area (Å²) in [6.07, 6.45) is 10.2. The van der Waals surface area contributed by atoms with Crippen LogP contribution in [-0.2, 0) is 9.53 Å². The van der Waals surface area contributed by atoms with Gasteiger partial charge in [-0.2, -0.15) is 0 Å². The molecule has 1 rings (SSSR count). The predicted molar refractivity (Wildman–Crippen MR) is 97.0 cm³/mol. The Balaban J connectivity index is 1.99. The van der Waals surface area contributed by atoms with Crippen molar-refractivity contribution in [3.05, 3.63) is 42.5 Å². The molecule has 0 saturated carbocycles. The van der Waals surface area contributed by atoms with Crippen molar-refractivity contribution in [3.63, 3.8) is 0 Å². The van der Waals surface area contributed by atoms with Gasteiger partial charge in [-0.1, -0.05) is 31.8 Å². The number of allylic oxidation sites excluding steroid dienone is 1. The Hall–Kier alpha value is -2.30. The first-order valence-corrected chi connectivity index (χ1v) is 8.86. The van der Waals surface area contributed by atoms with Crippen LogP contribution in [0.3, 0.4) is 0 Å². The van der Waals surface area contributed by atoms with Crippen LogP contribution in [0.1, 0.15) is 61.7 Å². The van der Waals surface area contributed by atoms with Crippen molar-refractivity contribution in [1.29, 1.82) is 0 Å². The number of esters is 1. The zero-order chi connectivity index (χ0) is 18.3. The first-order valence-electron chi connectivity index (χ1n) is 8.86. The van der Waals surface area contributed by atoms with E-state index >= 15 is 0 Å². The SMILES string of the molecule is C=CCCCCCCCCC(=O)OCCOc1ccc(C(=O)O)cc1. The van der Waals surface area contributed by atoms with E-state index in [1.165, 1.54) is 31.4 Å². The summed E-state index contributed by atoms with van der Waals surface area (Å²) in [5, 5.41) is 8.80. The zero-order valence-corrected chi connectivity index (χ0v) is 14.7. The van der Waals surface area contributed by atoms with Gasteiger partial charge in [0.15, 0.2) is 0 Å². The number of aromatic carboxylic acids is 1. The summed E-state index contributed by atoms with van der Waals surface area (Å²) in [6.45, 7) is 4.15. The molecule has 1 N–H and O–H groups in total. The molecule has 0 aliphatic rings. The average Bonchev–Trinajstić information content (AvgIpc) is 2.61. The maximum Gasteiger partial charge on any atom is 0.335 e. The Morgan fingerprint density at radius 1 is 0.960 bits per heavy atom. The van der Waals surface area contributed by atoms with Gasteiger partial charge in [0.05, 0.1) is 5.56 Å². The Bertz CT molecular complexity index is 521. The van der Waals surface area contributed by atoms with Crippen molar-refractivity contribution in [2.24, 2.45) is 0 Å². The summed E-state index contributed by atoms with van der Waals surface area (Å²) in [6, 6.07) is 6.11. The van der Waals surface area contributed by atoms with Crippen LogP contribution in [0.25, 0.3) is 0 Å². The second-order valence-corrected chi connectivity index (χ2v) is 5.85. The number of hydrogen-bond donors (Lipinski definition) is 1. The molecular formula is C20H28O5. The molecule has 0 saturated heterocycles. The Kier molecular flexibility index (Phi) is 10.8. The van der Waals surface area contributed by atoms with E-state index < -0.39 is 5.97 Å². The number of carboxylic acids is 1. The number of benzene rings is 1. The van der Waals surface area contributed by atoms with Crippen molar-refractivity contribution in [1.82, 2.24) is 0 Å². The lowest BCUT2D eigenvalue weighted by molar-refractivity contribution is -0.144. The summed E-state index contributed by atoms with van der Waals surface area (Å²) >= 11 is 0. The van der Waals surface area contributed by atoms with E-state index in [9.17, 15) is 9.59 Å². The second-order valence-electron chi connectivity index (χ2n) is 5.85. The quantitative estimate of drug-likeness (QED) is 0.302. The molecule has 0 unspecified atom stereocenters. The predicted octanol–water partition coefficient (Wildman–Crippen LogP) is 4.61. The molecule has 5 nitrogen and oxygen atoms in total. The molecule has 0 aliphatic carbocycles. The lowest BCUT2D eigenvalue weighted by atomic mass is 10.1. The molecule has 0 spiro atoms. The van der Waals surface area contributed by atoms with E-state index in [1.807, 2.05) is 6.08 Å². The molecule has 0 fully saturated rings. The maximum atomic E-state index is 11.6. The summed E-state index contributed by atoms with van der Waals surface area (Å²) in [5.74, 6) is -0.619. The number of hydrogen-bond acceptors (Lipinski definition) is 4. The van der Waals surface area contributed by atoms with Gasteiger partial charge in [-0.25, -0.2) is 4.79 Å². The maximum absolute atomic E-state index is 11.6. The lowest BCUT2D eigenvalue weighted by Crippen LogP contribution is -2.12. The molecule has 1 aromatic rings. The summed E-state index contributed by atoms with van der Waals surface area (Å²) in [4.78, 5) is 22.3. The van der Waals surface area contributed by atoms with E-state index in [4.69, 9.17) is 14.6 Å². The molecule has 5 heteroatoms. The van der Waals surface area contributed by atoms with Crippen LogP contribution in [0.5, 0.6) is 5.75 Å². The third kappa shape index (κ3) is 10.2. The smallest absolute Gasteiger partial charge is 0.335 e. The molecule has 0 atom stereocenters. The summed E-state index contributed by atoms with van der Waals surface area (Å²) < 4.78 is 10.5. The number of carbonyl (C=O) groups is 2. The first-order chi connectivity index (χ1) is 12.1. The fraction of sp³-hybridized carbons (Fsp3) is 0.500. The third-order valence-corrected chi connectivity index (χ3v) is 3.76. The molecule has 0 heterocycles. The van der Waals surface area contributed by atoms with Crippen LogP contribution in [0, 0.1) is 0 Å². The highest BCUT2D eigenvalue weighted by atomic mass is 16.6. The molecule has 0 bridgehead atoms. The van der Waals surface area contributed by atoms with E-state index in [-0.39, 0.29) is 24.7 Å². The summed E-state index contributed by atoms with van der Waals surface area (Å²) in [5.41, 5.74) is 0.208. The minimum Gasteiger partial charge on any atom is -0.490 e. The van der Waals surface area contributed by atoms with Gasteiger partial charge in [-0.3, -0.25) is 4.79 Å². The molecule has 0 amide bonds. The van der Waals surface area contributed by atoms with Gasteiger partial charge in [0.1, 0.15) is 19.0 Å². The van der Waals surface area contributed by atoms with Crippen molar-refractivity contribution >= 4 is 11.9 Å². The van der Waals surface area contributed by atoms with Gasteiger partial charge >= 0.3 is 11.9 Å². The Morgan fingerprint density at radius 3 is 2.24 bits per heavy atom. The molecule has 1 aromatic carbocycles. The molecule has 138 valence electrons. The fourth-order valence-corrected chi connectivity index (χ4v) is 2.35. The highest BCUT2D eigenvalue weighted by Crippen LogP contribution is 2.12. The molecule has 0 aromatic heterocycles. The highest BCUT2D eigenvalue weighted by Gasteiger charge is 2.04. The van der Waals surface area contributed by atoms with Crippen LogP contribution in [0.2, 0.25) is 0 Å². The average molecular weight is 348 g/mol. The van der Waals surface area contributed by atoms with Crippen LogP contribution >= 0.6 is 0 Å². The molecule has 0 radical (unpaired) electrons. The lowest BCUT2D eigenvalue weighted by Gasteiger charge is -2.07. The van der Waals surface area contributed by atoms with Crippen LogP contribution in [0.4, 0.5) is 0 Å². The van der Waals surface area contributed by atoms with Crippen molar-refractivity contribution < 1.29 is 24.2 Å². The van der Waals surface area contributed by atoms with Crippen molar-refractivity contribution in [2.75, 3.05) is 13.2 Å². The van der Waals surface area contributed by atoms with Crippen molar-refractivity contribution in [2.45, 2.75) is 51.4 Å². The highest BCUT2D eigenvalue weighted by molar-refractivity contribution is 5.87. The van der Waals surface area contributed by atoms with Gasteiger partial charge in [0.25, 0.3) is 0 Å². The van der Waals surface area contributed by atoms with E-state index in [1.54, 1.807) is 12.1 Å². The Morgan fingerprint density at radius 2 is 1.60 bits per heavy atom. The fourth-order valence-electron chi connectivity index (χ4n) is 2.35. The summed E-state index contributed by atoms with van der Waals surface area (Å²) in [7, 11) is 0. The molecule has 0 aliphatic heterocycles. The van der Waals surface area contributed by atoms with Gasteiger partial charge < -0.3 is 14.6 Å². The molecular weight excluding hydrogens is 320 g/mol. The topological polar surface area (TPSA) is 72.8 Å². The number of ether oxygens (including phenoxy) is 2. The first kappa shape index (κ1) is 20.7. The van der Waals surface area contributed by atoms with E-state index in [0.717, 1.165) is 25.7 Å². The number of carbonyl (C=O) groups excluding carboxylic acids is 1. The largest absolute Gasteiger partial charge is 0.490 e. The third-order valence-electron chi connectivity index (χ3n) is 3.76. The normalized spacial score (nSPS) is 10.2. The minimum atomic E-state index is -0.975. The van der Waals surface area contributed by atoms with Crippen LogP contribution < -0.4 is 4.74 Å². The van der Waals surface area contributed by atoms with Gasteiger partial charge in [0.2, 0.25) is 0 Å². The Labute approximate surface area is 149 Å². The van der Waals surface area contributed by atoms with Gasteiger partial charge in [-0.15, -0.1) is 6.58 Å². The van der Waals surface area contributed by atoms with Gasteiger partial charge in [-0.05, 0) is 43.5 Å². The van der Waals surface area contributed by atoms with Crippen LogP contribution in [0.15, 0.2) is 36.9 Å². The minimum absolute atomic E-state index is 0.196. The number of carboxylic acid groups (broad SMARTS) is 1. The van der Waals surface area contributed by atoms with Crippen LogP contribution in [-0.4, -0.2) is 30.3 Å². The number of unbranched alkanes of at least 4 members (excludes halogenated alkanes) is 6. The zero-order valence-electron chi connectivity index (χ0n) is 14.7. The van der Waals surface area contributed by atoms with Crippen molar-refractivity contribution in [3.8, 4) is 5.75 Å². The second kappa shape index (κ2) is 13.0. The van der Waals surface area contributed by atoms with E-state index in [2.05, 4.69) is 6.58 Å². The van der Waals surface area contributed by atoms with E-state index in [0.29, 0.717) is 12.2 Å². The standard InChI is InChI=1S/C20H28O5/c1-2-3-4-5-6-7-8-9-10-19(21)25-16-15-24-18-13-11-17(12-14-18)20(22)23/h2,11-14H,1,3-10,15-16H2,(H,22,23).